The van der Waals surface area contributed by atoms with Gasteiger partial charge < -0.3 is 0 Å². The third-order valence-electron chi connectivity index (χ3n) is 2.12. The Morgan fingerprint density at radius 2 is 2.20 bits per heavy atom. The summed E-state index contributed by atoms with van der Waals surface area (Å²) in [6, 6.07) is 4.13. The molecule has 4 heteroatoms. The molecule has 0 aliphatic carbocycles. The zero-order valence-electron chi connectivity index (χ0n) is 8.40. The van der Waals surface area contributed by atoms with E-state index in [9.17, 15) is 4.79 Å². The average molecular weight is 237 g/mol. The van der Waals surface area contributed by atoms with Crippen molar-refractivity contribution in [2.75, 3.05) is 0 Å². The molecule has 2 heterocycles. The molecule has 0 saturated heterocycles. The third-order valence-corrected chi connectivity index (χ3v) is 3.93. The number of nitrogens with zero attached hydrogens (tertiary/aromatic N) is 1. The molecule has 2 aromatic heterocycles. The van der Waals surface area contributed by atoms with Crippen molar-refractivity contribution in [3.63, 3.8) is 0 Å². The topological polar surface area (TPSA) is 30.0 Å². The first-order valence-electron chi connectivity index (χ1n) is 4.78. The van der Waals surface area contributed by atoms with Gasteiger partial charge in [0.15, 0.2) is 5.78 Å². The standard InChI is InChI=1S/C11H11NOS2/c1-2-8-3-4-9(15-8)5-11(13)10-6-14-7-12-10/h3-4,6-7H,2,5H2,1H3. The highest BCUT2D eigenvalue weighted by Gasteiger charge is 2.10. The van der Waals surface area contributed by atoms with Crippen LogP contribution < -0.4 is 0 Å². The van der Waals surface area contributed by atoms with Gasteiger partial charge in [-0.1, -0.05) is 6.92 Å². The van der Waals surface area contributed by atoms with Crippen LogP contribution >= 0.6 is 22.7 Å². The zero-order chi connectivity index (χ0) is 10.7. The number of aromatic nitrogens is 1. The van der Waals surface area contributed by atoms with Crippen molar-refractivity contribution in [1.29, 1.82) is 0 Å². The van der Waals surface area contributed by atoms with Gasteiger partial charge in [-0.2, -0.15) is 0 Å². The molecular formula is C11H11NOS2. The lowest BCUT2D eigenvalue weighted by molar-refractivity contribution is 0.0990. The van der Waals surface area contributed by atoms with Crippen LogP contribution in [0.15, 0.2) is 23.0 Å². The van der Waals surface area contributed by atoms with Crippen LogP contribution in [-0.2, 0) is 12.8 Å². The molecule has 0 aliphatic heterocycles. The van der Waals surface area contributed by atoms with Crippen LogP contribution in [0, 0.1) is 0 Å². The highest BCUT2D eigenvalue weighted by atomic mass is 32.1. The van der Waals surface area contributed by atoms with Crippen molar-refractivity contribution in [3.8, 4) is 0 Å². The van der Waals surface area contributed by atoms with Crippen LogP contribution in [0.25, 0.3) is 0 Å². The van der Waals surface area contributed by atoms with E-state index in [1.165, 1.54) is 16.2 Å². The van der Waals surface area contributed by atoms with Gasteiger partial charge in [0, 0.05) is 21.6 Å². The maximum Gasteiger partial charge on any atom is 0.187 e. The van der Waals surface area contributed by atoms with Crippen LogP contribution in [0.2, 0.25) is 0 Å². The largest absolute Gasteiger partial charge is 0.292 e. The van der Waals surface area contributed by atoms with Crippen LogP contribution in [0.3, 0.4) is 0 Å². The molecule has 0 atom stereocenters. The van der Waals surface area contributed by atoms with Gasteiger partial charge >= 0.3 is 0 Å². The first kappa shape index (κ1) is 10.5. The lowest BCUT2D eigenvalue weighted by Gasteiger charge is -1.93. The maximum atomic E-state index is 11.7. The van der Waals surface area contributed by atoms with Crippen LogP contribution in [0.5, 0.6) is 0 Å². The van der Waals surface area contributed by atoms with Gasteiger partial charge in [0.1, 0.15) is 5.69 Å². The van der Waals surface area contributed by atoms with Crippen molar-refractivity contribution in [2.45, 2.75) is 19.8 Å². The van der Waals surface area contributed by atoms with Crippen molar-refractivity contribution in [1.82, 2.24) is 4.98 Å². The number of carbonyl (C=O) groups excluding carboxylic acids is 1. The molecule has 0 spiro atoms. The number of aryl methyl sites for hydroxylation is 1. The van der Waals surface area contributed by atoms with E-state index in [1.807, 2.05) is 6.07 Å². The van der Waals surface area contributed by atoms with Gasteiger partial charge in [-0.05, 0) is 18.6 Å². The van der Waals surface area contributed by atoms with E-state index in [-0.39, 0.29) is 5.78 Å². The van der Waals surface area contributed by atoms with E-state index in [1.54, 1.807) is 22.2 Å². The van der Waals surface area contributed by atoms with E-state index in [2.05, 4.69) is 18.0 Å². The maximum absolute atomic E-state index is 11.7. The first-order chi connectivity index (χ1) is 7.29. The highest BCUT2D eigenvalue weighted by Crippen LogP contribution is 2.18. The fraction of sp³-hybridized carbons (Fsp3) is 0.273. The Labute approximate surface area is 96.6 Å². The molecule has 0 N–H and O–H groups in total. The number of rotatable bonds is 4. The van der Waals surface area contributed by atoms with Gasteiger partial charge in [0.25, 0.3) is 0 Å². The Morgan fingerprint density at radius 3 is 2.80 bits per heavy atom. The number of Topliss-reactive ketones (excluding diaryl/α,β-unsaturated/α-hetero) is 1. The first-order valence-corrected chi connectivity index (χ1v) is 6.54. The molecule has 2 nitrogen and oxygen atoms in total. The minimum atomic E-state index is 0.112. The summed E-state index contributed by atoms with van der Waals surface area (Å²) in [4.78, 5) is 18.2. The molecular weight excluding hydrogens is 226 g/mol. The number of carbonyl (C=O) groups is 1. The minimum Gasteiger partial charge on any atom is -0.292 e. The van der Waals surface area contributed by atoms with E-state index in [4.69, 9.17) is 0 Å². The second-order valence-electron chi connectivity index (χ2n) is 3.20. The molecule has 78 valence electrons. The fourth-order valence-electron chi connectivity index (χ4n) is 1.31. The van der Waals surface area contributed by atoms with Crippen molar-refractivity contribution < 1.29 is 4.79 Å². The van der Waals surface area contributed by atoms with Crippen LogP contribution in [0.1, 0.15) is 27.2 Å². The number of thiazole rings is 1. The SMILES string of the molecule is CCc1ccc(CC(=O)c2cscn2)s1. The van der Waals surface area contributed by atoms with Gasteiger partial charge in [0.05, 0.1) is 5.51 Å². The van der Waals surface area contributed by atoms with E-state index in [0.717, 1.165) is 11.3 Å². The number of hydrogen-bond donors (Lipinski definition) is 0. The Hall–Kier alpha value is -1.00. The van der Waals surface area contributed by atoms with E-state index < -0.39 is 0 Å². The molecule has 2 aromatic rings. The molecule has 0 aromatic carbocycles. The molecule has 2 rings (SSSR count). The number of ketones is 1. The minimum absolute atomic E-state index is 0.112. The average Bonchev–Trinajstić information content (AvgIpc) is 2.87. The summed E-state index contributed by atoms with van der Waals surface area (Å²) in [7, 11) is 0. The highest BCUT2D eigenvalue weighted by molar-refractivity contribution is 7.12. The lowest BCUT2D eigenvalue weighted by Crippen LogP contribution is -2.01. The summed E-state index contributed by atoms with van der Waals surface area (Å²) in [5.41, 5.74) is 2.28. The molecule has 0 fully saturated rings. The van der Waals surface area contributed by atoms with E-state index in [0.29, 0.717) is 12.1 Å². The second-order valence-corrected chi connectivity index (χ2v) is 5.17. The molecule has 0 aliphatic rings. The predicted octanol–water partition coefficient (Wildman–Crippen LogP) is 3.19. The lowest BCUT2D eigenvalue weighted by atomic mass is 10.2. The molecule has 0 radical (unpaired) electrons. The quantitative estimate of drug-likeness (QED) is 0.764. The van der Waals surface area contributed by atoms with Gasteiger partial charge in [-0.15, -0.1) is 22.7 Å². The summed E-state index contributed by atoms with van der Waals surface area (Å²) in [6.07, 6.45) is 1.52. The Balaban J connectivity index is 2.06. The Kier molecular flexibility index (Phi) is 3.28. The monoisotopic (exact) mass is 237 g/mol. The molecule has 0 bridgehead atoms. The summed E-state index contributed by atoms with van der Waals surface area (Å²) in [6.45, 7) is 2.12. The van der Waals surface area contributed by atoms with Gasteiger partial charge in [0.2, 0.25) is 0 Å². The van der Waals surface area contributed by atoms with Gasteiger partial charge in [-0.25, -0.2) is 4.98 Å². The van der Waals surface area contributed by atoms with Crippen molar-refractivity contribution >= 4 is 28.5 Å². The van der Waals surface area contributed by atoms with Crippen molar-refractivity contribution in [2.24, 2.45) is 0 Å². The third kappa shape index (κ3) is 2.52. The predicted molar refractivity (Wildman–Crippen MR) is 63.8 cm³/mol. The Morgan fingerprint density at radius 1 is 1.40 bits per heavy atom. The number of thiophene rings is 1. The number of hydrogen-bond acceptors (Lipinski definition) is 4. The molecule has 0 unspecified atom stereocenters. The summed E-state index contributed by atoms with van der Waals surface area (Å²) in [5, 5.41) is 1.80. The molecule has 0 amide bonds. The normalized spacial score (nSPS) is 10.5. The second kappa shape index (κ2) is 4.68. The fourth-order valence-corrected chi connectivity index (χ4v) is 2.82. The van der Waals surface area contributed by atoms with Gasteiger partial charge in [-0.3, -0.25) is 4.79 Å². The smallest absolute Gasteiger partial charge is 0.187 e. The summed E-state index contributed by atoms with van der Waals surface area (Å²) < 4.78 is 0. The molecule has 15 heavy (non-hydrogen) atoms. The van der Waals surface area contributed by atoms with Crippen LogP contribution in [0.4, 0.5) is 0 Å². The zero-order valence-corrected chi connectivity index (χ0v) is 10.0. The van der Waals surface area contributed by atoms with Crippen LogP contribution in [-0.4, -0.2) is 10.8 Å². The van der Waals surface area contributed by atoms with Crippen molar-refractivity contribution in [3.05, 3.63) is 38.5 Å². The summed E-state index contributed by atoms with van der Waals surface area (Å²) >= 11 is 3.17. The summed E-state index contributed by atoms with van der Waals surface area (Å²) in [5.74, 6) is 0.112. The van der Waals surface area contributed by atoms with E-state index >= 15 is 0 Å². The molecule has 0 saturated carbocycles. The Bertz CT molecular complexity index is 445.